The number of aromatic nitrogens is 2. The van der Waals surface area contributed by atoms with E-state index in [0.717, 1.165) is 3.57 Å². The van der Waals surface area contributed by atoms with Crippen LogP contribution in [-0.2, 0) is 11.3 Å². The zero-order chi connectivity index (χ0) is 9.14. The van der Waals surface area contributed by atoms with Gasteiger partial charge in [-0.15, -0.1) is 0 Å². The summed E-state index contributed by atoms with van der Waals surface area (Å²) in [7, 11) is 0. The van der Waals surface area contributed by atoms with E-state index in [0.29, 0.717) is 0 Å². The molecule has 0 radical (unpaired) electrons. The Morgan fingerprint density at radius 3 is 3.00 bits per heavy atom. The van der Waals surface area contributed by atoms with E-state index in [1.54, 1.807) is 12.4 Å². The average molecular weight is 281 g/mol. The molecule has 1 aromatic rings. The molecule has 0 saturated heterocycles. The minimum Gasteiger partial charge on any atom is -0.480 e. The zero-order valence-corrected chi connectivity index (χ0v) is 8.30. The van der Waals surface area contributed by atoms with Crippen LogP contribution in [0.15, 0.2) is 12.4 Å². The number of rotatable bonds is 3. The Bertz CT molecular complexity index is 286. The molecule has 0 spiro atoms. The third-order valence-electron chi connectivity index (χ3n) is 1.30. The SMILES string of the molecule is N[C@@H](Cn1cc(I)cn1)C(=O)O. The van der Waals surface area contributed by atoms with Crippen molar-refractivity contribution in [3.63, 3.8) is 0 Å². The van der Waals surface area contributed by atoms with Gasteiger partial charge in [0.15, 0.2) is 0 Å². The lowest BCUT2D eigenvalue weighted by atomic mass is 10.3. The molecular weight excluding hydrogens is 273 g/mol. The molecule has 0 unspecified atom stereocenters. The highest BCUT2D eigenvalue weighted by Gasteiger charge is 2.11. The quantitative estimate of drug-likeness (QED) is 0.758. The zero-order valence-electron chi connectivity index (χ0n) is 6.14. The Balaban J connectivity index is 2.58. The highest BCUT2D eigenvalue weighted by atomic mass is 127. The first-order valence-electron chi connectivity index (χ1n) is 3.26. The summed E-state index contributed by atoms with van der Waals surface area (Å²) in [4.78, 5) is 10.3. The van der Waals surface area contributed by atoms with Crippen LogP contribution in [0.3, 0.4) is 0 Å². The molecule has 0 bridgehead atoms. The molecule has 0 aliphatic rings. The Morgan fingerprint density at radius 1 is 1.92 bits per heavy atom. The number of halogens is 1. The Hall–Kier alpha value is -0.630. The molecule has 1 rings (SSSR count). The van der Waals surface area contributed by atoms with Crippen molar-refractivity contribution in [3.8, 4) is 0 Å². The third-order valence-corrected chi connectivity index (χ3v) is 1.86. The number of carboxylic acid groups (broad SMARTS) is 1. The summed E-state index contributed by atoms with van der Waals surface area (Å²) in [6.07, 6.45) is 3.39. The Morgan fingerprint density at radius 2 is 2.58 bits per heavy atom. The van der Waals surface area contributed by atoms with E-state index >= 15 is 0 Å². The molecule has 0 amide bonds. The fourth-order valence-electron chi connectivity index (χ4n) is 0.718. The van der Waals surface area contributed by atoms with E-state index in [1.807, 2.05) is 0 Å². The van der Waals surface area contributed by atoms with Gasteiger partial charge in [-0.3, -0.25) is 9.48 Å². The topological polar surface area (TPSA) is 81.1 Å². The lowest BCUT2D eigenvalue weighted by Crippen LogP contribution is -2.34. The van der Waals surface area contributed by atoms with Gasteiger partial charge in [-0.05, 0) is 22.6 Å². The van der Waals surface area contributed by atoms with Crippen molar-refractivity contribution in [3.05, 3.63) is 16.0 Å². The van der Waals surface area contributed by atoms with E-state index < -0.39 is 12.0 Å². The van der Waals surface area contributed by atoms with Crippen molar-refractivity contribution < 1.29 is 9.90 Å². The second kappa shape index (κ2) is 3.85. The van der Waals surface area contributed by atoms with Crippen molar-refractivity contribution in [2.45, 2.75) is 12.6 Å². The highest BCUT2D eigenvalue weighted by molar-refractivity contribution is 14.1. The van der Waals surface area contributed by atoms with E-state index in [-0.39, 0.29) is 6.54 Å². The molecular formula is C6H8IN3O2. The van der Waals surface area contributed by atoms with E-state index in [1.165, 1.54) is 4.68 Å². The first-order valence-corrected chi connectivity index (χ1v) is 4.34. The fraction of sp³-hybridized carbons (Fsp3) is 0.333. The van der Waals surface area contributed by atoms with Crippen LogP contribution in [0, 0.1) is 3.57 Å². The van der Waals surface area contributed by atoms with Crippen molar-refractivity contribution in [1.29, 1.82) is 0 Å². The molecule has 0 fully saturated rings. The number of nitrogens with zero attached hydrogens (tertiary/aromatic N) is 2. The predicted octanol–water partition coefficient (Wildman–Crippen LogP) is -0.100. The van der Waals surface area contributed by atoms with E-state index in [4.69, 9.17) is 10.8 Å². The first-order chi connectivity index (χ1) is 5.59. The molecule has 1 heterocycles. The van der Waals surface area contributed by atoms with Crippen molar-refractivity contribution in [2.75, 3.05) is 0 Å². The second-order valence-corrected chi connectivity index (χ2v) is 3.57. The van der Waals surface area contributed by atoms with Gasteiger partial charge in [-0.1, -0.05) is 0 Å². The standard InChI is InChI=1S/C6H8IN3O2/c7-4-1-9-10(2-4)3-5(8)6(11)12/h1-2,5H,3,8H2,(H,11,12)/t5-/m0/s1. The maximum atomic E-state index is 10.3. The first kappa shape index (κ1) is 9.46. The molecule has 0 aliphatic carbocycles. The predicted molar refractivity (Wildman–Crippen MR) is 50.6 cm³/mol. The summed E-state index contributed by atoms with van der Waals surface area (Å²) in [5.41, 5.74) is 5.29. The monoisotopic (exact) mass is 281 g/mol. The van der Waals surface area contributed by atoms with Crippen LogP contribution in [0.2, 0.25) is 0 Å². The second-order valence-electron chi connectivity index (χ2n) is 2.33. The van der Waals surface area contributed by atoms with Gasteiger partial charge in [0.05, 0.1) is 16.3 Å². The van der Waals surface area contributed by atoms with Crippen molar-refractivity contribution >= 4 is 28.6 Å². The number of hydrogen-bond donors (Lipinski definition) is 2. The van der Waals surface area contributed by atoms with Crippen LogP contribution >= 0.6 is 22.6 Å². The normalized spacial score (nSPS) is 12.8. The lowest BCUT2D eigenvalue weighted by Gasteiger charge is -2.04. The summed E-state index contributed by atoms with van der Waals surface area (Å²) in [5, 5.41) is 12.4. The van der Waals surface area contributed by atoms with Crippen LogP contribution in [0.4, 0.5) is 0 Å². The summed E-state index contributed by atoms with van der Waals surface area (Å²) >= 11 is 2.09. The summed E-state index contributed by atoms with van der Waals surface area (Å²) in [6, 6.07) is -0.888. The van der Waals surface area contributed by atoms with Gasteiger partial charge in [0, 0.05) is 6.20 Å². The molecule has 0 aromatic carbocycles. The highest BCUT2D eigenvalue weighted by Crippen LogP contribution is 2.01. The molecule has 1 aromatic heterocycles. The number of nitrogens with two attached hydrogens (primary N) is 1. The van der Waals surface area contributed by atoms with Crippen LogP contribution in [-0.4, -0.2) is 26.9 Å². The van der Waals surface area contributed by atoms with E-state index in [9.17, 15) is 4.79 Å². The van der Waals surface area contributed by atoms with Gasteiger partial charge in [0.2, 0.25) is 0 Å². The Kier molecular flexibility index (Phi) is 3.04. The average Bonchev–Trinajstić information content (AvgIpc) is 2.35. The van der Waals surface area contributed by atoms with Gasteiger partial charge < -0.3 is 10.8 Å². The molecule has 0 saturated carbocycles. The van der Waals surface area contributed by atoms with Crippen LogP contribution in [0.5, 0.6) is 0 Å². The summed E-state index contributed by atoms with van der Waals surface area (Å²) in [5.74, 6) is -1.01. The maximum absolute atomic E-state index is 10.3. The minimum absolute atomic E-state index is 0.207. The van der Waals surface area contributed by atoms with Gasteiger partial charge in [0.25, 0.3) is 0 Å². The number of hydrogen-bond acceptors (Lipinski definition) is 3. The molecule has 1 atom stereocenters. The molecule has 12 heavy (non-hydrogen) atoms. The van der Waals surface area contributed by atoms with Crippen LogP contribution < -0.4 is 5.73 Å². The maximum Gasteiger partial charge on any atom is 0.322 e. The van der Waals surface area contributed by atoms with Gasteiger partial charge in [0.1, 0.15) is 6.04 Å². The van der Waals surface area contributed by atoms with Crippen molar-refractivity contribution in [1.82, 2.24) is 9.78 Å². The summed E-state index contributed by atoms with van der Waals surface area (Å²) < 4.78 is 2.48. The smallest absolute Gasteiger partial charge is 0.322 e. The molecule has 5 nitrogen and oxygen atoms in total. The van der Waals surface area contributed by atoms with Crippen LogP contribution in [0.25, 0.3) is 0 Å². The van der Waals surface area contributed by atoms with Gasteiger partial charge in [-0.2, -0.15) is 5.10 Å². The van der Waals surface area contributed by atoms with Gasteiger partial charge >= 0.3 is 5.97 Å². The number of carboxylic acids is 1. The molecule has 6 heteroatoms. The van der Waals surface area contributed by atoms with Crippen molar-refractivity contribution in [2.24, 2.45) is 5.73 Å². The van der Waals surface area contributed by atoms with Gasteiger partial charge in [-0.25, -0.2) is 0 Å². The van der Waals surface area contributed by atoms with Crippen LogP contribution in [0.1, 0.15) is 0 Å². The lowest BCUT2D eigenvalue weighted by molar-refractivity contribution is -0.138. The van der Waals surface area contributed by atoms with E-state index in [2.05, 4.69) is 27.7 Å². The Labute approximate surface area is 82.7 Å². The number of carbonyl (C=O) groups is 1. The minimum atomic E-state index is -1.01. The number of aliphatic carboxylic acids is 1. The third kappa shape index (κ3) is 2.45. The molecule has 3 N–H and O–H groups in total. The largest absolute Gasteiger partial charge is 0.480 e. The molecule has 0 aliphatic heterocycles. The summed E-state index contributed by atoms with van der Waals surface area (Å²) in [6.45, 7) is 0.207. The fourth-order valence-corrected chi connectivity index (χ4v) is 1.16. The molecule has 66 valence electrons.